The van der Waals surface area contributed by atoms with Crippen LogP contribution in [0.3, 0.4) is 0 Å². The maximum atomic E-state index is 12.0. The lowest BCUT2D eigenvalue weighted by Gasteiger charge is -2.29. The highest BCUT2D eigenvalue weighted by Crippen LogP contribution is 2.25. The number of carbonyl (C=O) groups is 1. The molecule has 7 heteroatoms. The van der Waals surface area contributed by atoms with Gasteiger partial charge in [0.05, 0.1) is 16.8 Å². The third-order valence-electron chi connectivity index (χ3n) is 3.45. The molecule has 0 aliphatic carbocycles. The molecule has 0 saturated carbocycles. The van der Waals surface area contributed by atoms with Gasteiger partial charge in [-0.3, -0.25) is 9.69 Å². The number of hydrogen-bond acceptors (Lipinski definition) is 5. The second-order valence-corrected chi connectivity index (χ2v) is 6.20. The van der Waals surface area contributed by atoms with Crippen molar-refractivity contribution in [2.45, 2.75) is 18.9 Å². The molecule has 1 atom stereocenters. The first-order valence-electron chi connectivity index (χ1n) is 6.84. The van der Waals surface area contributed by atoms with Crippen molar-refractivity contribution in [3.63, 3.8) is 0 Å². The van der Waals surface area contributed by atoms with Gasteiger partial charge in [0, 0.05) is 12.6 Å². The van der Waals surface area contributed by atoms with Crippen LogP contribution in [0.15, 0.2) is 24.3 Å². The van der Waals surface area contributed by atoms with Gasteiger partial charge in [0.2, 0.25) is 5.91 Å². The number of anilines is 1. The number of aromatic nitrogens is 1. The lowest BCUT2D eigenvalue weighted by molar-refractivity contribution is -0.117. The summed E-state index contributed by atoms with van der Waals surface area (Å²) in [6.45, 7) is 2.14. The largest absolute Gasteiger partial charge is 0.327 e. The summed E-state index contributed by atoms with van der Waals surface area (Å²) in [5, 5.41) is 3.54. The monoisotopic (exact) mass is 326 g/mol. The third kappa shape index (κ3) is 4.14. The maximum Gasteiger partial charge on any atom is 0.240 e. The molecule has 1 saturated heterocycles. The van der Waals surface area contributed by atoms with Crippen LogP contribution in [0, 0.1) is 0 Å². The zero-order chi connectivity index (χ0) is 13.9. The Labute approximate surface area is 133 Å². The molecule has 1 fully saturated rings. The van der Waals surface area contributed by atoms with Crippen molar-refractivity contribution in [2.75, 3.05) is 25.0 Å². The third-order valence-corrected chi connectivity index (χ3v) is 4.40. The molecule has 0 bridgehead atoms. The lowest BCUT2D eigenvalue weighted by Crippen LogP contribution is -2.45. The van der Waals surface area contributed by atoms with Gasteiger partial charge in [-0.25, -0.2) is 4.98 Å². The number of amides is 1. The minimum Gasteiger partial charge on any atom is -0.327 e. The number of carbonyl (C=O) groups excluding carboxylic acids is 1. The minimum atomic E-state index is -0.0156. The second kappa shape index (κ2) is 7.17. The van der Waals surface area contributed by atoms with E-state index in [1.807, 2.05) is 24.3 Å². The Bertz CT molecular complexity index is 585. The molecule has 1 amide bonds. The fourth-order valence-electron chi connectivity index (χ4n) is 2.52. The molecule has 5 nitrogen and oxygen atoms in total. The first kappa shape index (κ1) is 16.2. The standard InChI is InChI=1S/C14H18N4OS.ClH/c15-10-4-3-7-18(8-10)9-13(19)17-14-16-11-5-1-2-6-12(11)20-14;/h1-2,5-6,10H,3-4,7-9,15H2,(H,16,17,19);1H/t10-;/m1./s1. The number of piperidine rings is 1. The van der Waals surface area contributed by atoms with Gasteiger partial charge >= 0.3 is 0 Å². The maximum absolute atomic E-state index is 12.0. The number of fused-ring (bicyclic) bond motifs is 1. The van der Waals surface area contributed by atoms with E-state index >= 15 is 0 Å². The van der Waals surface area contributed by atoms with Crippen LogP contribution < -0.4 is 11.1 Å². The summed E-state index contributed by atoms with van der Waals surface area (Å²) in [5.41, 5.74) is 6.84. The van der Waals surface area contributed by atoms with Crippen LogP contribution in [0.5, 0.6) is 0 Å². The summed E-state index contributed by atoms with van der Waals surface area (Å²) in [6.07, 6.45) is 2.12. The second-order valence-electron chi connectivity index (χ2n) is 5.17. The van der Waals surface area contributed by atoms with Gasteiger partial charge in [0.15, 0.2) is 5.13 Å². The SMILES string of the molecule is Cl.N[C@@H]1CCCN(CC(=O)Nc2nc3ccccc3s2)C1. The molecule has 1 aliphatic rings. The number of benzene rings is 1. The predicted octanol–water partition coefficient (Wildman–Crippen LogP) is 2.08. The van der Waals surface area contributed by atoms with E-state index < -0.39 is 0 Å². The molecule has 1 aromatic heterocycles. The van der Waals surface area contributed by atoms with E-state index in [1.54, 1.807) is 0 Å². The Kier molecular flexibility index (Phi) is 5.52. The Morgan fingerprint density at radius 3 is 3.05 bits per heavy atom. The zero-order valence-electron chi connectivity index (χ0n) is 11.6. The highest BCUT2D eigenvalue weighted by atomic mass is 35.5. The molecular weight excluding hydrogens is 308 g/mol. The molecule has 3 rings (SSSR count). The number of hydrogen-bond donors (Lipinski definition) is 2. The summed E-state index contributed by atoms with van der Waals surface area (Å²) in [5.74, 6) is -0.0156. The van der Waals surface area contributed by atoms with E-state index in [0.29, 0.717) is 11.7 Å². The van der Waals surface area contributed by atoms with Crippen molar-refractivity contribution in [2.24, 2.45) is 5.73 Å². The van der Waals surface area contributed by atoms with Gasteiger partial charge in [-0.05, 0) is 31.5 Å². The fraction of sp³-hybridized carbons (Fsp3) is 0.429. The summed E-state index contributed by atoms with van der Waals surface area (Å²) in [4.78, 5) is 18.5. The van der Waals surface area contributed by atoms with Crippen molar-refractivity contribution >= 4 is 45.0 Å². The number of rotatable bonds is 3. The smallest absolute Gasteiger partial charge is 0.240 e. The van der Waals surface area contributed by atoms with Gasteiger partial charge in [0.25, 0.3) is 0 Å². The molecule has 0 unspecified atom stereocenters. The van der Waals surface area contributed by atoms with Gasteiger partial charge < -0.3 is 11.1 Å². The summed E-state index contributed by atoms with van der Waals surface area (Å²) in [6, 6.07) is 8.07. The number of nitrogens with two attached hydrogens (primary N) is 1. The average molecular weight is 327 g/mol. The Hall–Kier alpha value is -1.21. The van der Waals surface area contributed by atoms with E-state index in [1.165, 1.54) is 11.3 Å². The van der Waals surface area contributed by atoms with Crippen LogP contribution in [0.4, 0.5) is 5.13 Å². The van der Waals surface area contributed by atoms with Crippen LogP contribution in [0.2, 0.25) is 0 Å². The van der Waals surface area contributed by atoms with E-state index in [2.05, 4.69) is 15.2 Å². The molecule has 1 aromatic carbocycles. The fourth-order valence-corrected chi connectivity index (χ4v) is 3.40. The van der Waals surface area contributed by atoms with E-state index in [-0.39, 0.29) is 24.4 Å². The van der Waals surface area contributed by atoms with Gasteiger partial charge in [-0.2, -0.15) is 0 Å². The summed E-state index contributed by atoms with van der Waals surface area (Å²) < 4.78 is 1.09. The van der Waals surface area contributed by atoms with Crippen molar-refractivity contribution in [3.8, 4) is 0 Å². The Morgan fingerprint density at radius 2 is 2.29 bits per heavy atom. The summed E-state index contributed by atoms with van der Waals surface area (Å²) in [7, 11) is 0. The molecule has 1 aliphatic heterocycles. The molecule has 3 N–H and O–H groups in total. The van der Waals surface area contributed by atoms with Crippen LogP contribution in [-0.2, 0) is 4.79 Å². The highest BCUT2D eigenvalue weighted by molar-refractivity contribution is 7.22. The molecular formula is C14H19ClN4OS. The van der Waals surface area contributed by atoms with Gasteiger partial charge in [-0.15, -0.1) is 12.4 Å². The number of nitrogens with one attached hydrogen (secondary N) is 1. The number of para-hydroxylation sites is 1. The van der Waals surface area contributed by atoms with Crippen LogP contribution in [-0.4, -0.2) is 41.5 Å². The van der Waals surface area contributed by atoms with Crippen LogP contribution in [0.1, 0.15) is 12.8 Å². The highest BCUT2D eigenvalue weighted by Gasteiger charge is 2.19. The van der Waals surface area contributed by atoms with Crippen molar-refractivity contribution in [3.05, 3.63) is 24.3 Å². The van der Waals surface area contributed by atoms with Crippen molar-refractivity contribution in [1.82, 2.24) is 9.88 Å². The van der Waals surface area contributed by atoms with Crippen molar-refractivity contribution < 1.29 is 4.79 Å². The number of nitrogens with zero attached hydrogens (tertiary/aromatic N) is 2. The molecule has 114 valence electrons. The van der Waals surface area contributed by atoms with Gasteiger partial charge in [0.1, 0.15) is 0 Å². The van der Waals surface area contributed by atoms with Gasteiger partial charge in [-0.1, -0.05) is 23.5 Å². The number of halogens is 1. The first-order valence-corrected chi connectivity index (χ1v) is 7.66. The van der Waals surface area contributed by atoms with Crippen molar-refractivity contribution in [1.29, 1.82) is 0 Å². The quantitative estimate of drug-likeness (QED) is 0.906. The number of thiazole rings is 1. The molecule has 0 radical (unpaired) electrons. The van der Waals surface area contributed by atoms with Crippen LogP contribution >= 0.6 is 23.7 Å². The zero-order valence-corrected chi connectivity index (χ0v) is 13.3. The predicted molar refractivity (Wildman–Crippen MR) is 89.1 cm³/mol. The lowest BCUT2D eigenvalue weighted by atomic mass is 10.1. The van der Waals surface area contributed by atoms with E-state index in [0.717, 1.165) is 36.1 Å². The Morgan fingerprint density at radius 1 is 1.48 bits per heavy atom. The molecule has 21 heavy (non-hydrogen) atoms. The van der Waals surface area contributed by atoms with E-state index in [4.69, 9.17) is 5.73 Å². The first-order chi connectivity index (χ1) is 9.70. The topological polar surface area (TPSA) is 71.2 Å². The molecule has 2 heterocycles. The van der Waals surface area contributed by atoms with E-state index in [9.17, 15) is 4.79 Å². The summed E-state index contributed by atoms with van der Waals surface area (Å²) >= 11 is 1.50. The normalized spacial score (nSPS) is 19.2. The minimum absolute atomic E-state index is 0. The molecule has 2 aromatic rings. The molecule has 0 spiro atoms. The van der Waals surface area contributed by atoms with Crippen LogP contribution in [0.25, 0.3) is 10.2 Å². The number of likely N-dealkylation sites (tertiary alicyclic amines) is 1. The Balaban J connectivity index is 0.00000161. The average Bonchev–Trinajstić information content (AvgIpc) is 2.80.